The van der Waals surface area contributed by atoms with Gasteiger partial charge >= 0.3 is 0 Å². The summed E-state index contributed by atoms with van der Waals surface area (Å²) in [5.41, 5.74) is 3.48. The van der Waals surface area contributed by atoms with Crippen LogP contribution in [0.3, 0.4) is 0 Å². The smallest absolute Gasteiger partial charge is 0.256 e. The SMILES string of the molecule is O=C1c2cccnc2CN1Cc1c(F)cc(-c2ccc3c(c2)C2(OCCO2)C2OC2N3)cc1F. The molecule has 0 aliphatic carbocycles. The third-order valence-electron chi connectivity index (χ3n) is 6.85. The van der Waals surface area contributed by atoms with Crippen molar-refractivity contribution in [3.05, 3.63) is 82.7 Å². The number of hydrogen-bond donors (Lipinski definition) is 1. The van der Waals surface area contributed by atoms with E-state index in [-0.39, 0.29) is 36.9 Å². The molecule has 34 heavy (non-hydrogen) atoms. The normalized spacial score (nSPS) is 23.5. The minimum absolute atomic E-state index is 0.155. The second-order valence-corrected chi connectivity index (χ2v) is 8.82. The molecule has 7 nitrogen and oxygen atoms in total. The van der Waals surface area contributed by atoms with Gasteiger partial charge in [-0.3, -0.25) is 9.78 Å². The Bertz CT molecular complexity index is 1330. The predicted molar refractivity (Wildman–Crippen MR) is 115 cm³/mol. The molecule has 0 bridgehead atoms. The van der Waals surface area contributed by atoms with Crippen molar-refractivity contribution >= 4 is 11.6 Å². The Labute approximate surface area is 193 Å². The zero-order valence-electron chi connectivity index (χ0n) is 17.9. The average Bonchev–Trinajstić information content (AvgIpc) is 3.34. The number of carbonyl (C=O) groups excluding carboxylic acids is 1. The number of aromatic nitrogens is 1. The molecule has 1 amide bonds. The summed E-state index contributed by atoms with van der Waals surface area (Å²) in [6.07, 6.45) is 1.17. The standard InChI is InChI=1S/C25H19F2N3O4/c26-18-9-14(10-19(27)16(18)11-30-12-21-15(24(30)31)2-1-5-28-21)13-3-4-20-17(8-13)25(32-6-7-33-25)22-23(29-20)34-22/h1-5,8-10,22-23,29H,6-7,11-12H2. The number of epoxide rings is 1. The fourth-order valence-corrected chi connectivity index (χ4v) is 5.12. The van der Waals surface area contributed by atoms with Crippen LogP contribution in [0.15, 0.2) is 48.7 Å². The largest absolute Gasteiger partial charge is 0.357 e. The number of nitrogens with one attached hydrogen (secondary N) is 1. The van der Waals surface area contributed by atoms with Crippen LogP contribution in [-0.2, 0) is 33.1 Å². The van der Waals surface area contributed by atoms with Gasteiger partial charge in [0, 0.05) is 23.0 Å². The van der Waals surface area contributed by atoms with E-state index in [0.29, 0.717) is 35.6 Å². The molecular weight excluding hydrogens is 444 g/mol. The lowest BCUT2D eigenvalue weighted by molar-refractivity contribution is -0.180. The molecule has 2 unspecified atom stereocenters. The number of amides is 1. The van der Waals surface area contributed by atoms with Gasteiger partial charge in [0.1, 0.15) is 11.6 Å². The topological polar surface area (TPSA) is 76.2 Å². The van der Waals surface area contributed by atoms with Gasteiger partial charge in [0.2, 0.25) is 5.79 Å². The van der Waals surface area contributed by atoms with E-state index >= 15 is 8.78 Å². The van der Waals surface area contributed by atoms with Gasteiger partial charge in [0.25, 0.3) is 5.91 Å². The molecule has 0 saturated carbocycles. The molecule has 3 aromatic rings. The summed E-state index contributed by atoms with van der Waals surface area (Å²) in [7, 11) is 0. The van der Waals surface area contributed by atoms with Crippen LogP contribution in [0.4, 0.5) is 14.5 Å². The molecule has 2 fully saturated rings. The van der Waals surface area contributed by atoms with Gasteiger partial charge < -0.3 is 24.4 Å². The predicted octanol–water partition coefficient (Wildman–Crippen LogP) is 3.53. The number of nitrogens with zero attached hydrogens (tertiary/aromatic N) is 2. The lowest BCUT2D eigenvalue weighted by atomic mass is 9.92. The minimum atomic E-state index is -1.00. The molecule has 0 radical (unpaired) electrons. The first kappa shape index (κ1) is 20.0. The Balaban J connectivity index is 1.21. The Morgan fingerprint density at radius 1 is 1.09 bits per heavy atom. The number of fused-ring (bicyclic) bond motifs is 5. The first-order valence-corrected chi connectivity index (χ1v) is 11.1. The first-order valence-electron chi connectivity index (χ1n) is 11.1. The molecule has 9 heteroatoms. The zero-order chi connectivity index (χ0) is 23.0. The number of carbonyl (C=O) groups is 1. The molecule has 1 spiro atoms. The monoisotopic (exact) mass is 463 g/mol. The summed E-state index contributed by atoms with van der Waals surface area (Å²) in [5.74, 6) is -2.71. The molecule has 1 N–H and O–H groups in total. The first-order chi connectivity index (χ1) is 16.5. The van der Waals surface area contributed by atoms with E-state index in [1.54, 1.807) is 24.4 Å². The number of hydrogen-bond acceptors (Lipinski definition) is 6. The van der Waals surface area contributed by atoms with Gasteiger partial charge in [0.05, 0.1) is 37.6 Å². The van der Waals surface area contributed by atoms with Gasteiger partial charge in [-0.25, -0.2) is 8.78 Å². The highest BCUT2D eigenvalue weighted by molar-refractivity contribution is 5.97. The van der Waals surface area contributed by atoms with Crippen LogP contribution in [0.25, 0.3) is 11.1 Å². The van der Waals surface area contributed by atoms with Gasteiger partial charge in [-0.1, -0.05) is 6.07 Å². The van der Waals surface area contributed by atoms with Crippen molar-refractivity contribution in [3.63, 3.8) is 0 Å². The van der Waals surface area contributed by atoms with E-state index in [9.17, 15) is 4.79 Å². The molecule has 4 aliphatic rings. The molecule has 4 aliphatic heterocycles. The van der Waals surface area contributed by atoms with Crippen LogP contribution in [0.1, 0.15) is 27.2 Å². The van der Waals surface area contributed by atoms with Crippen LogP contribution in [-0.4, -0.2) is 41.3 Å². The number of pyridine rings is 1. The fourth-order valence-electron chi connectivity index (χ4n) is 5.12. The van der Waals surface area contributed by atoms with Crippen molar-refractivity contribution in [3.8, 4) is 11.1 Å². The summed E-state index contributed by atoms with van der Waals surface area (Å²) < 4.78 is 47.8. The minimum Gasteiger partial charge on any atom is -0.357 e. The zero-order valence-corrected chi connectivity index (χ0v) is 17.9. The van der Waals surface area contributed by atoms with Crippen molar-refractivity contribution < 1.29 is 27.8 Å². The maximum Gasteiger partial charge on any atom is 0.256 e. The van der Waals surface area contributed by atoms with Gasteiger partial charge in [-0.2, -0.15) is 0 Å². The van der Waals surface area contributed by atoms with Crippen LogP contribution in [0, 0.1) is 11.6 Å². The highest BCUT2D eigenvalue weighted by Gasteiger charge is 2.63. The van der Waals surface area contributed by atoms with E-state index in [1.165, 1.54) is 17.0 Å². The average molecular weight is 463 g/mol. The van der Waals surface area contributed by atoms with Crippen LogP contribution < -0.4 is 5.32 Å². The van der Waals surface area contributed by atoms with Gasteiger partial charge in [-0.15, -0.1) is 0 Å². The quantitative estimate of drug-likeness (QED) is 0.599. The van der Waals surface area contributed by atoms with E-state index in [0.717, 1.165) is 11.3 Å². The Morgan fingerprint density at radius 3 is 2.65 bits per heavy atom. The molecule has 172 valence electrons. The summed E-state index contributed by atoms with van der Waals surface area (Å²) in [6.45, 7) is 0.942. The van der Waals surface area contributed by atoms with E-state index in [2.05, 4.69) is 10.3 Å². The lowest BCUT2D eigenvalue weighted by Crippen LogP contribution is -2.40. The Morgan fingerprint density at radius 2 is 1.88 bits per heavy atom. The molecule has 2 saturated heterocycles. The van der Waals surface area contributed by atoms with Crippen molar-refractivity contribution in [2.24, 2.45) is 0 Å². The van der Waals surface area contributed by atoms with Crippen LogP contribution in [0.2, 0.25) is 0 Å². The van der Waals surface area contributed by atoms with Gasteiger partial charge in [-0.05, 0) is 47.5 Å². The summed E-state index contributed by atoms with van der Waals surface area (Å²) in [6, 6.07) is 11.4. The van der Waals surface area contributed by atoms with Crippen molar-refractivity contribution in [2.45, 2.75) is 31.2 Å². The van der Waals surface area contributed by atoms with Crippen molar-refractivity contribution in [2.75, 3.05) is 18.5 Å². The fraction of sp³-hybridized carbons (Fsp3) is 0.280. The highest BCUT2D eigenvalue weighted by atomic mass is 19.1. The van der Waals surface area contributed by atoms with E-state index < -0.39 is 17.4 Å². The molecule has 1 aromatic heterocycles. The number of halogens is 2. The van der Waals surface area contributed by atoms with Crippen molar-refractivity contribution in [1.82, 2.24) is 9.88 Å². The summed E-state index contributed by atoms with van der Waals surface area (Å²) in [5, 5.41) is 3.27. The molecule has 2 aromatic carbocycles. The van der Waals surface area contributed by atoms with Crippen molar-refractivity contribution in [1.29, 1.82) is 0 Å². The maximum absolute atomic E-state index is 15.1. The second-order valence-electron chi connectivity index (χ2n) is 8.82. The second kappa shape index (κ2) is 7.05. The Kier molecular flexibility index (Phi) is 4.15. The molecule has 5 heterocycles. The number of benzene rings is 2. The van der Waals surface area contributed by atoms with Crippen LogP contribution >= 0.6 is 0 Å². The highest BCUT2D eigenvalue weighted by Crippen LogP contribution is 2.52. The summed E-state index contributed by atoms with van der Waals surface area (Å²) in [4.78, 5) is 18.2. The molecule has 2 atom stereocenters. The number of anilines is 1. The molecular formula is C25H19F2N3O4. The number of ether oxygens (including phenoxy) is 3. The van der Waals surface area contributed by atoms with Crippen LogP contribution in [0.5, 0.6) is 0 Å². The third kappa shape index (κ3) is 2.84. The lowest BCUT2D eigenvalue weighted by Gasteiger charge is -2.32. The molecule has 7 rings (SSSR count). The van der Waals surface area contributed by atoms with E-state index in [1.807, 2.05) is 12.1 Å². The third-order valence-corrected chi connectivity index (χ3v) is 6.85. The van der Waals surface area contributed by atoms with Gasteiger partial charge in [0.15, 0.2) is 12.3 Å². The maximum atomic E-state index is 15.1. The summed E-state index contributed by atoms with van der Waals surface area (Å²) >= 11 is 0. The Hall–Kier alpha value is -3.40. The number of rotatable bonds is 3. The van der Waals surface area contributed by atoms with E-state index in [4.69, 9.17) is 14.2 Å².